The molecule has 0 amide bonds. The number of pyridine rings is 1. The molecule has 6 heteroatoms. The van der Waals surface area contributed by atoms with Crippen LogP contribution in [0.2, 0.25) is 5.02 Å². The van der Waals surface area contributed by atoms with Crippen LogP contribution in [0.1, 0.15) is 5.56 Å². The molecule has 1 heterocycles. The van der Waals surface area contributed by atoms with Gasteiger partial charge in [0.05, 0.1) is 26.8 Å². The molecule has 0 fully saturated rings. The van der Waals surface area contributed by atoms with Gasteiger partial charge in [0.2, 0.25) is 0 Å². The SMILES string of the molecule is N#Cc1ccc(Nc2ncc(Cl)cc2Br)c(F)c1. The lowest BCUT2D eigenvalue weighted by atomic mass is 10.2. The van der Waals surface area contributed by atoms with E-state index in [1.165, 1.54) is 18.3 Å². The Kier molecular flexibility index (Phi) is 3.80. The second-order valence-corrected chi connectivity index (χ2v) is 4.71. The third-order valence-electron chi connectivity index (χ3n) is 2.16. The highest BCUT2D eigenvalue weighted by atomic mass is 79.9. The zero-order valence-corrected chi connectivity index (χ0v) is 11.3. The summed E-state index contributed by atoms with van der Waals surface area (Å²) >= 11 is 9.03. The van der Waals surface area contributed by atoms with E-state index in [2.05, 4.69) is 26.2 Å². The van der Waals surface area contributed by atoms with Crippen molar-refractivity contribution in [2.24, 2.45) is 0 Å². The Hall–Kier alpha value is -1.64. The van der Waals surface area contributed by atoms with Crippen LogP contribution in [0.4, 0.5) is 15.9 Å². The molecule has 0 saturated carbocycles. The fourth-order valence-electron chi connectivity index (χ4n) is 1.32. The minimum absolute atomic E-state index is 0.240. The molecule has 0 unspecified atom stereocenters. The van der Waals surface area contributed by atoms with Gasteiger partial charge in [-0.25, -0.2) is 9.37 Å². The number of nitriles is 1. The second kappa shape index (κ2) is 5.34. The summed E-state index contributed by atoms with van der Waals surface area (Å²) in [6, 6.07) is 7.68. The lowest BCUT2D eigenvalue weighted by Crippen LogP contribution is -1.97. The molecule has 0 aliphatic heterocycles. The second-order valence-electron chi connectivity index (χ2n) is 3.42. The molecule has 90 valence electrons. The lowest BCUT2D eigenvalue weighted by molar-refractivity contribution is 0.631. The quantitative estimate of drug-likeness (QED) is 0.897. The fraction of sp³-hybridized carbons (Fsp3) is 0. The predicted octanol–water partition coefficient (Wildman–Crippen LogP) is 4.25. The van der Waals surface area contributed by atoms with E-state index in [1.807, 2.05) is 6.07 Å². The van der Waals surface area contributed by atoms with Crippen LogP contribution in [-0.2, 0) is 0 Å². The number of anilines is 2. The molecule has 0 spiro atoms. The van der Waals surface area contributed by atoms with Crippen molar-refractivity contribution < 1.29 is 4.39 Å². The molecular weight excluding hydrogens is 321 g/mol. The van der Waals surface area contributed by atoms with E-state index in [-0.39, 0.29) is 11.3 Å². The summed E-state index contributed by atoms with van der Waals surface area (Å²) in [6.45, 7) is 0. The normalized spacial score (nSPS) is 9.89. The van der Waals surface area contributed by atoms with Gasteiger partial charge in [-0.3, -0.25) is 0 Å². The average Bonchev–Trinajstić information content (AvgIpc) is 2.34. The number of hydrogen-bond acceptors (Lipinski definition) is 3. The molecule has 1 N–H and O–H groups in total. The first-order valence-corrected chi connectivity index (χ1v) is 6.05. The van der Waals surface area contributed by atoms with E-state index in [0.717, 1.165) is 6.07 Å². The molecule has 1 aromatic carbocycles. The number of aromatic nitrogens is 1. The largest absolute Gasteiger partial charge is 0.337 e. The molecule has 2 aromatic rings. The number of rotatable bonds is 2. The molecule has 0 saturated heterocycles. The smallest absolute Gasteiger partial charge is 0.147 e. The van der Waals surface area contributed by atoms with Gasteiger partial charge in [-0.1, -0.05) is 11.6 Å². The monoisotopic (exact) mass is 325 g/mol. The topological polar surface area (TPSA) is 48.7 Å². The zero-order chi connectivity index (χ0) is 13.1. The first-order chi connectivity index (χ1) is 8.60. The van der Waals surface area contributed by atoms with Crippen molar-refractivity contribution in [2.75, 3.05) is 5.32 Å². The summed E-state index contributed by atoms with van der Waals surface area (Å²) < 4.78 is 14.3. The minimum Gasteiger partial charge on any atom is -0.337 e. The van der Waals surface area contributed by atoms with Crippen molar-refractivity contribution in [3.8, 4) is 6.07 Å². The van der Waals surface area contributed by atoms with Crippen molar-refractivity contribution in [3.05, 3.63) is 51.3 Å². The minimum atomic E-state index is -0.516. The van der Waals surface area contributed by atoms with Crippen LogP contribution < -0.4 is 5.32 Å². The molecule has 0 radical (unpaired) electrons. The Bertz CT molecular complexity index is 640. The molecule has 0 aliphatic carbocycles. The van der Waals surface area contributed by atoms with Gasteiger partial charge in [-0.2, -0.15) is 5.26 Å². The van der Waals surface area contributed by atoms with Crippen LogP contribution in [0.25, 0.3) is 0 Å². The maximum atomic E-state index is 13.7. The molecule has 18 heavy (non-hydrogen) atoms. The van der Waals surface area contributed by atoms with Crippen LogP contribution in [-0.4, -0.2) is 4.98 Å². The lowest BCUT2D eigenvalue weighted by Gasteiger charge is -2.08. The summed E-state index contributed by atoms with van der Waals surface area (Å²) in [5.41, 5.74) is 0.505. The number of nitrogens with zero attached hydrogens (tertiary/aromatic N) is 2. The molecule has 0 bridgehead atoms. The van der Waals surface area contributed by atoms with Gasteiger partial charge in [-0.05, 0) is 40.2 Å². The number of nitrogens with one attached hydrogen (secondary N) is 1. The standard InChI is InChI=1S/C12H6BrClFN3/c13-9-4-8(14)6-17-12(9)18-11-2-1-7(5-16)3-10(11)15/h1-4,6H,(H,17,18). The number of halogens is 3. The average molecular weight is 327 g/mol. The van der Waals surface area contributed by atoms with Gasteiger partial charge in [0, 0.05) is 6.20 Å². The van der Waals surface area contributed by atoms with Gasteiger partial charge in [0.25, 0.3) is 0 Å². The van der Waals surface area contributed by atoms with Gasteiger partial charge >= 0.3 is 0 Å². The number of benzene rings is 1. The van der Waals surface area contributed by atoms with Crippen molar-refractivity contribution in [3.63, 3.8) is 0 Å². The van der Waals surface area contributed by atoms with E-state index < -0.39 is 5.82 Å². The highest BCUT2D eigenvalue weighted by Gasteiger charge is 2.07. The summed E-state index contributed by atoms with van der Waals surface area (Å²) in [5.74, 6) is -0.0688. The number of hydrogen-bond donors (Lipinski definition) is 1. The summed E-state index contributed by atoms with van der Waals surface area (Å²) in [7, 11) is 0. The maximum absolute atomic E-state index is 13.7. The van der Waals surface area contributed by atoms with Crippen molar-refractivity contribution >= 4 is 39.0 Å². The molecule has 0 atom stereocenters. The third-order valence-corrected chi connectivity index (χ3v) is 2.97. The van der Waals surface area contributed by atoms with Crippen LogP contribution in [0.15, 0.2) is 34.9 Å². The van der Waals surface area contributed by atoms with Gasteiger partial charge in [0.1, 0.15) is 11.6 Å². The van der Waals surface area contributed by atoms with Crippen LogP contribution in [0.3, 0.4) is 0 Å². The van der Waals surface area contributed by atoms with Gasteiger partial charge in [0.15, 0.2) is 0 Å². The summed E-state index contributed by atoms with van der Waals surface area (Å²) in [4.78, 5) is 4.04. The van der Waals surface area contributed by atoms with E-state index in [4.69, 9.17) is 16.9 Å². The van der Waals surface area contributed by atoms with E-state index in [9.17, 15) is 4.39 Å². The zero-order valence-electron chi connectivity index (χ0n) is 8.92. The van der Waals surface area contributed by atoms with E-state index in [1.54, 1.807) is 6.07 Å². The maximum Gasteiger partial charge on any atom is 0.147 e. The molecule has 0 aliphatic rings. The van der Waals surface area contributed by atoms with Gasteiger partial charge in [-0.15, -0.1) is 0 Å². The van der Waals surface area contributed by atoms with Crippen LogP contribution in [0, 0.1) is 17.1 Å². The first kappa shape index (κ1) is 12.8. The Morgan fingerprint density at radius 2 is 2.17 bits per heavy atom. The third kappa shape index (κ3) is 2.78. The van der Waals surface area contributed by atoms with Crippen molar-refractivity contribution in [1.29, 1.82) is 5.26 Å². The van der Waals surface area contributed by atoms with Crippen LogP contribution >= 0.6 is 27.5 Å². The summed E-state index contributed by atoms with van der Waals surface area (Å²) in [5, 5.41) is 11.9. The molecular formula is C12H6BrClFN3. The first-order valence-electron chi connectivity index (χ1n) is 4.88. The highest BCUT2D eigenvalue weighted by Crippen LogP contribution is 2.27. The summed E-state index contributed by atoms with van der Waals surface area (Å²) in [6.07, 6.45) is 1.45. The Morgan fingerprint density at radius 1 is 1.39 bits per heavy atom. The van der Waals surface area contributed by atoms with Crippen LogP contribution in [0.5, 0.6) is 0 Å². The molecule has 1 aromatic heterocycles. The molecule has 3 nitrogen and oxygen atoms in total. The Morgan fingerprint density at radius 3 is 2.78 bits per heavy atom. The van der Waals surface area contributed by atoms with E-state index in [0.29, 0.717) is 15.3 Å². The highest BCUT2D eigenvalue weighted by molar-refractivity contribution is 9.10. The van der Waals surface area contributed by atoms with Crippen molar-refractivity contribution in [2.45, 2.75) is 0 Å². The Balaban J connectivity index is 2.32. The van der Waals surface area contributed by atoms with Crippen molar-refractivity contribution in [1.82, 2.24) is 4.98 Å². The van der Waals surface area contributed by atoms with Gasteiger partial charge < -0.3 is 5.32 Å². The van der Waals surface area contributed by atoms with E-state index >= 15 is 0 Å². The predicted molar refractivity (Wildman–Crippen MR) is 71.3 cm³/mol. The fourth-order valence-corrected chi connectivity index (χ4v) is 2.06. The Labute approximate surface area is 116 Å². The molecule has 2 rings (SSSR count).